The first-order valence-electron chi connectivity index (χ1n) is 6.68. The molecule has 0 aliphatic rings. The van der Waals surface area contributed by atoms with Crippen molar-refractivity contribution in [1.29, 1.82) is 0 Å². The largest absolute Gasteiger partial charge is 0.481 e. The highest BCUT2D eigenvalue weighted by Crippen LogP contribution is 1.99. The van der Waals surface area contributed by atoms with Gasteiger partial charge in [-0.2, -0.15) is 0 Å². The summed E-state index contributed by atoms with van der Waals surface area (Å²) in [6.07, 6.45) is -2.57. The number of rotatable bonds is 11. The third kappa shape index (κ3) is 8.85. The third-order valence-corrected chi connectivity index (χ3v) is 2.76. The van der Waals surface area contributed by atoms with E-state index >= 15 is 0 Å². The van der Waals surface area contributed by atoms with Crippen molar-refractivity contribution in [1.82, 2.24) is 10.6 Å². The van der Waals surface area contributed by atoms with Gasteiger partial charge in [-0.15, -0.1) is 0 Å². The molecule has 2 amide bonds. The van der Waals surface area contributed by atoms with E-state index in [4.69, 9.17) is 26.2 Å². The van der Waals surface area contributed by atoms with E-state index in [1.54, 1.807) is 0 Å². The van der Waals surface area contributed by atoms with Gasteiger partial charge in [-0.05, 0) is 0 Å². The molecule has 8 N–H and O–H groups in total. The lowest BCUT2D eigenvalue weighted by Gasteiger charge is -2.17. The molecule has 0 saturated carbocycles. The summed E-state index contributed by atoms with van der Waals surface area (Å²) in [5, 5.41) is 38.5. The third-order valence-electron chi connectivity index (χ3n) is 2.76. The fraction of sp³-hybridized carbons (Fsp3) is 0.500. The fourth-order valence-corrected chi connectivity index (χ4v) is 1.55. The molecule has 0 heterocycles. The lowest BCUT2D eigenvalue weighted by Crippen LogP contribution is -2.49. The number of amides is 2. The smallest absolute Gasteiger partial charge is 0.326 e. The van der Waals surface area contributed by atoms with Gasteiger partial charge in [0.15, 0.2) is 0 Å². The standard InChI is InChI=1S/C12H17N3O10/c13-4(10(20)21)1-7(16)14-5(11(22)23)2-8(17)15-6(12(24)25)3-9(18)19/h4-6H,1-3,13H2,(H,14,16)(H,15,17)(H,18,19)(H,20,21)(H,22,23)(H,24,25)/t4-,5+,6+/m1/s1. The number of nitrogens with two attached hydrogens (primary N) is 1. The Morgan fingerprint density at radius 2 is 1.08 bits per heavy atom. The molecule has 0 fully saturated rings. The quantitative estimate of drug-likeness (QED) is 0.193. The fourth-order valence-electron chi connectivity index (χ4n) is 1.55. The number of carboxylic acids is 4. The van der Waals surface area contributed by atoms with E-state index < -0.39 is 73.1 Å². The van der Waals surface area contributed by atoms with Crippen molar-refractivity contribution in [3.63, 3.8) is 0 Å². The Hall–Kier alpha value is -3.22. The van der Waals surface area contributed by atoms with Crippen molar-refractivity contribution in [3.8, 4) is 0 Å². The van der Waals surface area contributed by atoms with Gasteiger partial charge in [-0.3, -0.25) is 19.2 Å². The first-order valence-corrected chi connectivity index (χ1v) is 6.68. The van der Waals surface area contributed by atoms with Crippen LogP contribution in [0.3, 0.4) is 0 Å². The van der Waals surface area contributed by atoms with Crippen LogP contribution in [-0.4, -0.2) is 74.2 Å². The van der Waals surface area contributed by atoms with Crippen molar-refractivity contribution in [2.24, 2.45) is 5.73 Å². The van der Waals surface area contributed by atoms with Crippen LogP contribution in [0.4, 0.5) is 0 Å². The summed E-state index contributed by atoms with van der Waals surface area (Å²) in [4.78, 5) is 66.0. The topological polar surface area (TPSA) is 233 Å². The summed E-state index contributed by atoms with van der Waals surface area (Å²) >= 11 is 0. The van der Waals surface area contributed by atoms with Gasteiger partial charge >= 0.3 is 23.9 Å². The minimum absolute atomic E-state index is 0.739. The normalized spacial score (nSPS) is 13.8. The van der Waals surface area contributed by atoms with Gasteiger partial charge in [0.25, 0.3) is 0 Å². The summed E-state index contributed by atoms with van der Waals surface area (Å²) < 4.78 is 0. The maximum atomic E-state index is 11.7. The molecule has 0 aliphatic carbocycles. The Morgan fingerprint density at radius 3 is 1.44 bits per heavy atom. The van der Waals surface area contributed by atoms with E-state index in [2.05, 4.69) is 0 Å². The first-order chi connectivity index (χ1) is 11.4. The second-order valence-corrected chi connectivity index (χ2v) is 4.87. The average molecular weight is 363 g/mol. The van der Waals surface area contributed by atoms with Crippen molar-refractivity contribution in [2.45, 2.75) is 37.4 Å². The average Bonchev–Trinajstić information content (AvgIpc) is 2.44. The van der Waals surface area contributed by atoms with Gasteiger partial charge in [-0.25, -0.2) is 9.59 Å². The van der Waals surface area contributed by atoms with Crippen LogP contribution < -0.4 is 16.4 Å². The molecular formula is C12H17N3O10. The molecule has 140 valence electrons. The zero-order valence-corrected chi connectivity index (χ0v) is 12.7. The summed E-state index contributed by atoms with van der Waals surface area (Å²) in [6.45, 7) is 0. The number of hydrogen-bond acceptors (Lipinski definition) is 7. The van der Waals surface area contributed by atoms with Crippen LogP contribution in [0, 0.1) is 0 Å². The van der Waals surface area contributed by atoms with Gasteiger partial charge in [0.2, 0.25) is 11.8 Å². The van der Waals surface area contributed by atoms with Gasteiger partial charge in [-0.1, -0.05) is 0 Å². The van der Waals surface area contributed by atoms with E-state index in [9.17, 15) is 28.8 Å². The second-order valence-electron chi connectivity index (χ2n) is 4.87. The Bertz CT molecular complexity index is 575. The number of carbonyl (C=O) groups is 6. The van der Waals surface area contributed by atoms with Crippen molar-refractivity contribution < 1.29 is 49.2 Å². The van der Waals surface area contributed by atoms with Gasteiger partial charge in [0.05, 0.1) is 19.3 Å². The molecule has 0 aromatic carbocycles. The van der Waals surface area contributed by atoms with Crippen LogP contribution in [0.15, 0.2) is 0 Å². The Balaban J connectivity index is 4.79. The molecule has 0 saturated heterocycles. The second kappa shape index (κ2) is 9.82. The van der Waals surface area contributed by atoms with Crippen LogP contribution in [0.25, 0.3) is 0 Å². The Morgan fingerprint density at radius 1 is 0.680 bits per heavy atom. The van der Waals surface area contributed by atoms with E-state index in [1.807, 2.05) is 10.6 Å². The minimum atomic E-state index is -1.78. The summed E-state index contributed by atoms with van der Waals surface area (Å²) in [5.74, 6) is -8.45. The molecule has 13 nitrogen and oxygen atoms in total. The van der Waals surface area contributed by atoms with E-state index in [-0.39, 0.29) is 0 Å². The van der Waals surface area contributed by atoms with Crippen molar-refractivity contribution in [3.05, 3.63) is 0 Å². The monoisotopic (exact) mass is 363 g/mol. The molecule has 0 rings (SSSR count). The number of aliphatic carboxylic acids is 4. The molecule has 3 atom stereocenters. The highest BCUT2D eigenvalue weighted by atomic mass is 16.4. The first kappa shape index (κ1) is 21.8. The lowest BCUT2D eigenvalue weighted by atomic mass is 10.1. The predicted molar refractivity (Wildman–Crippen MR) is 76.2 cm³/mol. The number of hydrogen-bond donors (Lipinski definition) is 7. The van der Waals surface area contributed by atoms with Crippen LogP contribution in [0.1, 0.15) is 19.3 Å². The molecule has 0 spiro atoms. The summed E-state index contributed by atoms with van der Waals surface area (Å²) in [6, 6.07) is -5.14. The highest BCUT2D eigenvalue weighted by molar-refractivity contribution is 5.92. The molecular weight excluding hydrogens is 346 g/mol. The van der Waals surface area contributed by atoms with E-state index in [0.29, 0.717) is 0 Å². The van der Waals surface area contributed by atoms with Crippen LogP contribution in [-0.2, 0) is 28.8 Å². The minimum Gasteiger partial charge on any atom is -0.481 e. The van der Waals surface area contributed by atoms with Gasteiger partial charge in [0, 0.05) is 0 Å². The van der Waals surface area contributed by atoms with Gasteiger partial charge in [0.1, 0.15) is 18.1 Å². The SMILES string of the molecule is N[C@H](CC(=O)N[C@@H](CC(=O)N[C@@H](CC(=O)O)C(=O)O)C(=O)O)C(=O)O. The van der Waals surface area contributed by atoms with Crippen LogP contribution >= 0.6 is 0 Å². The number of carboxylic acid groups (broad SMARTS) is 4. The molecule has 0 bridgehead atoms. The van der Waals surface area contributed by atoms with E-state index in [0.717, 1.165) is 0 Å². The van der Waals surface area contributed by atoms with Crippen molar-refractivity contribution in [2.75, 3.05) is 0 Å². The maximum absolute atomic E-state index is 11.7. The van der Waals surface area contributed by atoms with Crippen LogP contribution in [0.2, 0.25) is 0 Å². The lowest BCUT2D eigenvalue weighted by molar-refractivity contribution is -0.148. The summed E-state index contributed by atoms with van der Waals surface area (Å²) in [5.41, 5.74) is 5.11. The Kier molecular flexibility index (Phi) is 8.55. The van der Waals surface area contributed by atoms with Crippen LogP contribution in [0.5, 0.6) is 0 Å². The maximum Gasteiger partial charge on any atom is 0.326 e. The predicted octanol–water partition coefficient (Wildman–Crippen LogP) is -3.21. The number of carbonyl (C=O) groups excluding carboxylic acids is 2. The summed E-state index contributed by atoms with van der Waals surface area (Å²) in [7, 11) is 0. The molecule has 0 aliphatic heterocycles. The van der Waals surface area contributed by atoms with Crippen molar-refractivity contribution >= 4 is 35.7 Å². The molecule has 25 heavy (non-hydrogen) atoms. The van der Waals surface area contributed by atoms with Gasteiger partial charge < -0.3 is 36.8 Å². The Labute approximate surface area is 139 Å². The van der Waals surface area contributed by atoms with E-state index in [1.165, 1.54) is 0 Å². The highest BCUT2D eigenvalue weighted by Gasteiger charge is 2.28. The zero-order valence-electron chi connectivity index (χ0n) is 12.7. The number of nitrogens with one attached hydrogen (secondary N) is 2. The molecule has 0 aromatic rings. The zero-order chi connectivity index (χ0) is 19.7. The molecule has 0 unspecified atom stereocenters. The molecule has 0 aromatic heterocycles. The molecule has 0 radical (unpaired) electrons. The molecule has 13 heteroatoms.